The van der Waals surface area contributed by atoms with Crippen molar-refractivity contribution in [2.75, 3.05) is 36.0 Å². The molecular weight excluding hydrogens is 372 g/mol. The number of nitrogens with zero attached hydrogens (tertiary/aromatic N) is 5. The van der Waals surface area contributed by atoms with E-state index in [1.807, 2.05) is 26.0 Å². The van der Waals surface area contributed by atoms with E-state index in [-0.39, 0.29) is 5.56 Å². The van der Waals surface area contributed by atoms with Gasteiger partial charge in [0.25, 0.3) is 5.56 Å². The molecule has 1 saturated heterocycles. The van der Waals surface area contributed by atoms with Crippen molar-refractivity contribution < 1.29 is 0 Å². The van der Waals surface area contributed by atoms with Crippen LogP contribution < -0.4 is 15.4 Å². The topological polar surface area (TPSA) is 78.0 Å². The van der Waals surface area contributed by atoms with E-state index >= 15 is 0 Å². The molecule has 0 saturated carbocycles. The van der Waals surface area contributed by atoms with Crippen LogP contribution in [0, 0.1) is 20.8 Å². The summed E-state index contributed by atoms with van der Waals surface area (Å²) < 4.78 is 0. The number of H-pyrrole nitrogens is 1. The van der Waals surface area contributed by atoms with Crippen molar-refractivity contribution in [3.63, 3.8) is 0 Å². The number of aromatic amines is 1. The van der Waals surface area contributed by atoms with Crippen LogP contribution in [0.4, 0.5) is 10.9 Å². The van der Waals surface area contributed by atoms with E-state index in [0.717, 1.165) is 60.5 Å². The van der Waals surface area contributed by atoms with Gasteiger partial charge in [0, 0.05) is 54.6 Å². The first kappa shape index (κ1) is 18.6. The Hall–Kier alpha value is -2.74. The fourth-order valence-corrected chi connectivity index (χ4v) is 4.18. The van der Waals surface area contributed by atoms with Gasteiger partial charge in [-0.25, -0.2) is 15.0 Å². The number of aryl methyl sites for hydroxylation is 2. The number of aromatic nitrogens is 4. The summed E-state index contributed by atoms with van der Waals surface area (Å²) in [5, 5.41) is 3.20. The van der Waals surface area contributed by atoms with Gasteiger partial charge in [-0.15, -0.1) is 11.3 Å². The van der Waals surface area contributed by atoms with Crippen molar-refractivity contribution in [3.8, 4) is 11.4 Å². The predicted octanol–water partition coefficient (Wildman–Crippen LogP) is 2.93. The molecule has 146 valence electrons. The highest BCUT2D eigenvalue weighted by Crippen LogP contribution is 2.23. The summed E-state index contributed by atoms with van der Waals surface area (Å²) >= 11 is 1.71. The maximum absolute atomic E-state index is 12.0. The lowest BCUT2D eigenvalue weighted by molar-refractivity contribution is 0.797. The molecule has 0 aliphatic carbocycles. The molecule has 3 aromatic rings. The van der Waals surface area contributed by atoms with Crippen molar-refractivity contribution in [2.45, 2.75) is 27.2 Å². The van der Waals surface area contributed by atoms with Gasteiger partial charge in [0.15, 0.2) is 5.13 Å². The van der Waals surface area contributed by atoms with Crippen LogP contribution in [-0.4, -0.2) is 46.1 Å². The van der Waals surface area contributed by atoms with Gasteiger partial charge in [-0.05, 0) is 39.3 Å². The first-order valence-corrected chi connectivity index (χ1v) is 10.3. The largest absolute Gasteiger partial charge is 0.355 e. The minimum absolute atomic E-state index is 0.100. The second kappa shape index (κ2) is 7.71. The zero-order valence-electron chi connectivity index (χ0n) is 16.4. The zero-order valence-corrected chi connectivity index (χ0v) is 17.2. The molecule has 8 heteroatoms. The molecule has 1 N–H and O–H groups in total. The van der Waals surface area contributed by atoms with Gasteiger partial charge in [-0.2, -0.15) is 0 Å². The molecule has 4 heterocycles. The second-order valence-electron chi connectivity index (χ2n) is 7.13. The van der Waals surface area contributed by atoms with Gasteiger partial charge in [0.1, 0.15) is 11.6 Å². The standard InChI is InChI=1S/C20H24N6OS/c1-13-12-28-20(22-13)26-8-4-7-25(9-10-26)17-6-5-16(11-21-17)18-23-15(3)14(2)19(27)24-18/h5-6,11-12H,4,7-10H2,1-3H3,(H,23,24,27). The molecule has 1 aliphatic heterocycles. The van der Waals surface area contributed by atoms with E-state index in [0.29, 0.717) is 11.4 Å². The van der Waals surface area contributed by atoms with E-state index in [2.05, 4.69) is 35.1 Å². The van der Waals surface area contributed by atoms with E-state index in [1.165, 1.54) is 0 Å². The van der Waals surface area contributed by atoms with E-state index in [9.17, 15) is 4.79 Å². The van der Waals surface area contributed by atoms with Gasteiger partial charge in [-0.1, -0.05) is 0 Å². The first-order chi connectivity index (χ1) is 13.5. The summed E-state index contributed by atoms with van der Waals surface area (Å²) in [7, 11) is 0. The van der Waals surface area contributed by atoms with Gasteiger partial charge in [-0.3, -0.25) is 4.79 Å². The average Bonchev–Trinajstić information content (AvgIpc) is 2.98. The SMILES string of the molecule is Cc1csc(N2CCCN(c3ccc(-c4nc(C)c(C)c(=O)[nH]4)cn3)CC2)n1. The number of hydrogen-bond acceptors (Lipinski definition) is 7. The van der Waals surface area contributed by atoms with Crippen LogP contribution in [0.2, 0.25) is 0 Å². The van der Waals surface area contributed by atoms with Crippen LogP contribution in [0.1, 0.15) is 23.4 Å². The highest BCUT2D eigenvalue weighted by Gasteiger charge is 2.18. The normalized spacial score (nSPS) is 15.0. The monoisotopic (exact) mass is 396 g/mol. The molecule has 28 heavy (non-hydrogen) atoms. The molecular formula is C20H24N6OS. The molecule has 1 fully saturated rings. The Morgan fingerprint density at radius 3 is 2.50 bits per heavy atom. The third kappa shape index (κ3) is 3.77. The predicted molar refractivity (Wildman–Crippen MR) is 113 cm³/mol. The van der Waals surface area contributed by atoms with Crippen molar-refractivity contribution >= 4 is 22.3 Å². The quantitative estimate of drug-likeness (QED) is 0.733. The van der Waals surface area contributed by atoms with Crippen molar-refractivity contribution in [1.82, 2.24) is 19.9 Å². The Morgan fingerprint density at radius 1 is 1.04 bits per heavy atom. The van der Waals surface area contributed by atoms with Crippen LogP contribution in [0.25, 0.3) is 11.4 Å². The number of rotatable bonds is 3. The smallest absolute Gasteiger partial charge is 0.254 e. The number of nitrogens with one attached hydrogen (secondary N) is 1. The molecule has 0 spiro atoms. The van der Waals surface area contributed by atoms with Gasteiger partial charge >= 0.3 is 0 Å². The average molecular weight is 397 g/mol. The lowest BCUT2D eigenvalue weighted by Crippen LogP contribution is -2.31. The molecule has 0 amide bonds. The fraction of sp³-hybridized carbons (Fsp3) is 0.400. The van der Waals surface area contributed by atoms with Crippen LogP contribution in [-0.2, 0) is 0 Å². The first-order valence-electron chi connectivity index (χ1n) is 9.47. The summed E-state index contributed by atoms with van der Waals surface area (Å²) in [6, 6.07) is 3.98. The molecule has 3 aromatic heterocycles. The summed E-state index contributed by atoms with van der Waals surface area (Å²) in [6.45, 7) is 9.48. The minimum Gasteiger partial charge on any atom is -0.355 e. The molecule has 0 bridgehead atoms. The maximum Gasteiger partial charge on any atom is 0.254 e. The van der Waals surface area contributed by atoms with Crippen molar-refractivity contribution in [2.24, 2.45) is 0 Å². The van der Waals surface area contributed by atoms with Crippen LogP contribution in [0.15, 0.2) is 28.5 Å². The van der Waals surface area contributed by atoms with E-state index in [1.54, 1.807) is 24.5 Å². The van der Waals surface area contributed by atoms with Gasteiger partial charge in [0.05, 0.1) is 5.69 Å². The lowest BCUT2D eigenvalue weighted by atomic mass is 10.2. The Kier molecular flexibility index (Phi) is 5.13. The Morgan fingerprint density at radius 2 is 1.82 bits per heavy atom. The number of anilines is 2. The van der Waals surface area contributed by atoms with Gasteiger partial charge < -0.3 is 14.8 Å². The highest BCUT2D eigenvalue weighted by molar-refractivity contribution is 7.13. The Bertz CT molecular complexity index is 1030. The number of thiazole rings is 1. The molecule has 7 nitrogen and oxygen atoms in total. The summed E-state index contributed by atoms with van der Waals surface area (Å²) in [5.74, 6) is 1.51. The lowest BCUT2D eigenvalue weighted by Gasteiger charge is -2.22. The zero-order chi connectivity index (χ0) is 19.7. The molecule has 0 atom stereocenters. The Balaban J connectivity index is 1.49. The number of pyridine rings is 1. The fourth-order valence-electron chi connectivity index (χ4n) is 3.32. The van der Waals surface area contributed by atoms with Crippen LogP contribution >= 0.6 is 11.3 Å². The molecule has 0 aromatic carbocycles. The Labute approximate surface area is 168 Å². The summed E-state index contributed by atoms with van der Waals surface area (Å²) in [5.41, 5.74) is 3.19. The molecule has 1 aliphatic rings. The molecule has 0 radical (unpaired) electrons. The maximum atomic E-state index is 12.0. The molecule has 4 rings (SSSR count). The van der Waals surface area contributed by atoms with Crippen molar-refractivity contribution in [3.05, 3.63) is 51.0 Å². The third-order valence-corrected chi connectivity index (χ3v) is 6.13. The van der Waals surface area contributed by atoms with Crippen LogP contribution in [0.3, 0.4) is 0 Å². The van der Waals surface area contributed by atoms with Crippen molar-refractivity contribution in [1.29, 1.82) is 0 Å². The second-order valence-corrected chi connectivity index (χ2v) is 7.97. The van der Waals surface area contributed by atoms with E-state index in [4.69, 9.17) is 0 Å². The van der Waals surface area contributed by atoms with E-state index < -0.39 is 0 Å². The summed E-state index contributed by atoms with van der Waals surface area (Å²) in [6.07, 6.45) is 2.85. The number of hydrogen-bond donors (Lipinski definition) is 1. The molecule has 0 unspecified atom stereocenters. The summed E-state index contributed by atoms with van der Waals surface area (Å²) in [4.78, 5) is 33.2. The van der Waals surface area contributed by atoms with Crippen LogP contribution in [0.5, 0.6) is 0 Å². The third-order valence-electron chi connectivity index (χ3n) is 5.11. The minimum atomic E-state index is -0.100. The highest BCUT2D eigenvalue weighted by atomic mass is 32.1. The van der Waals surface area contributed by atoms with Gasteiger partial charge in [0.2, 0.25) is 0 Å².